The Balaban J connectivity index is 1.80. The van der Waals surface area contributed by atoms with Crippen LogP contribution in [0.3, 0.4) is 0 Å². The maximum atomic E-state index is 12.9. The lowest BCUT2D eigenvalue weighted by Gasteiger charge is -2.23. The van der Waals surface area contributed by atoms with Crippen LogP contribution >= 0.6 is 27.3 Å². The summed E-state index contributed by atoms with van der Waals surface area (Å²) in [5.41, 5.74) is 1.24. The second-order valence-corrected chi connectivity index (χ2v) is 8.60. The van der Waals surface area contributed by atoms with E-state index in [1.54, 1.807) is 41.3 Å². The number of hydrogen-bond donors (Lipinski definition) is 0. The van der Waals surface area contributed by atoms with Gasteiger partial charge in [-0.05, 0) is 53.0 Å². The Morgan fingerprint density at radius 3 is 2.50 bits per heavy atom. The zero-order chi connectivity index (χ0) is 17.3. The lowest BCUT2D eigenvalue weighted by atomic mass is 10.1. The van der Waals surface area contributed by atoms with Crippen molar-refractivity contribution in [3.05, 3.63) is 50.6 Å². The van der Waals surface area contributed by atoms with E-state index in [1.807, 2.05) is 30.3 Å². The van der Waals surface area contributed by atoms with E-state index in [9.17, 15) is 9.59 Å². The van der Waals surface area contributed by atoms with Crippen molar-refractivity contribution >= 4 is 44.8 Å². The van der Waals surface area contributed by atoms with Gasteiger partial charge in [0.25, 0.3) is 5.91 Å². The largest absolute Gasteiger partial charge is 0.336 e. The summed E-state index contributed by atoms with van der Waals surface area (Å²) >= 11 is 5.06. The van der Waals surface area contributed by atoms with Crippen LogP contribution in [0.4, 0.5) is 5.69 Å². The van der Waals surface area contributed by atoms with Gasteiger partial charge in [-0.25, -0.2) is 0 Å². The number of hydrogen-bond acceptors (Lipinski definition) is 3. The van der Waals surface area contributed by atoms with Crippen LogP contribution in [0.5, 0.6) is 0 Å². The molecule has 0 unspecified atom stereocenters. The molecule has 24 heavy (non-hydrogen) atoms. The highest BCUT2D eigenvalue weighted by atomic mass is 79.9. The normalized spacial score (nSPS) is 13.6. The number of carbonyl (C=O) groups is 2. The van der Waals surface area contributed by atoms with E-state index in [2.05, 4.69) is 15.9 Å². The minimum atomic E-state index is -0.0782. The average Bonchev–Trinajstić information content (AvgIpc) is 3.36. The Hall–Kier alpha value is -1.66. The summed E-state index contributed by atoms with van der Waals surface area (Å²) in [5.74, 6) is 0.144. The molecule has 1 aromatic carbocycles. The van der Waals surface area contributed by atoms with Crippen LogP contribution in [-0.2, 0) is 11.3 Å². The van der Waals surface area contributed by atoms with Crippen molar-refractivity contribution in [3.63, 3.8) is 0 Å². The molecule has 0 radical (unpaired) electrons. The zero-order valence-corrected chi connectivity index (χ0v) is 16.1. The summed E-state index contributed by atoms with van der Waals surface area (Å²) in [5, 5.41) is 0. The summed E-state index contributed by atoms with van der Waals surface area (Å²) in [4.78, 5) is 29.6. The highest BCUT2D eigenvalue weighted by molar-refractivity contribution is 9.11. The minimum Gasteiger partial charge on any atom is -0.336 e. The van der Waals surface area contributed by atoms with E-state index >= 15 is 0 Å². The lowest BCUT2D eigenvalue weighted by Crippen LogP contribution is -2.32. The maximum absolute atomic E-state index is 12.9. The van der Waals surface area contributed by atoms with Crippen LogP contribution in [0.1, 0.15) is 28.1 Å². The van der Waals surface area contributed by atoms with Crippen molar-refractivity contribution in [1.82, 2.24) is 4.90 Å². The number of amides is 2. The predicted octanol–water partition coefficient (Wildman–Crippen LogP) is 4.16. The minimum absolute atomic E-state index is 0.0782. The second-order valence-electron chi connectivity index (χ2n) is 6.06. The molecule has 1 aliphatic rings. The molecule has 0 bridgehead atoms. The molecule has 0 spiro atoms. The molecule has 2 aromatic rings. The molecule has 126 valence electrons. The van der Waals surface area contributed by atoms with Crippen molar-refractivity contribution < 1.29 is 9.59 Å². The number of nitrogens with zero attached hydrogens (tertiary/aromatic N) is 2. The van der Waals surface area contributed by atoms with Gasteiger partial charge in [-0.2, -0.15) is 0 Å². The fraction of sp³-hybridized carbons (Fsp3) is 0.333. The molecule has 6 heteroatoms. The van der Waals surface area contributed by atoms with Crippen LogP contribution in [0, 0.1) is 5.92 Å². The van der Waals surface area contributed by atoms with Crippen molar-refractivity contribution in [2.24, 2.45) is 5.92 Å². The van der Waals surface area contributed by atoms with E-state index in [-0.39, 0.29) is 17.7 Å². The van der Waals surface area contributed by atoms with Crippen LogP contribution in [0.2, 0.25) is 0 Å². The van der Waals surface area contributed by atoms with Gasteiger partial charge >= 0.3 is 0 Å². The third-order valence-corrected chi connectivity index (χ3v) is 5.73. The van der Waals surface area contributed by atoms with Crippen LogP contribution in [0.15, 0.2) is 40.2 Å². The molecule has 0 aliphatic heterocycles. The zero-order valence-electron chi connectivity index (χ0n) is 13.7. The molecule has 0 saturated heterocycles. The molecule has 1 aromatic heterocycles. The summed E-state index contributed by atoms with van der Waals surface area (Å²) in [6.07, 6.45) is 1.90. The first-order valence-electron chi connectivity index (χ1n) is 7.83. The van der Waals surface area contributed by atoms with E-state index in [0.717, 1.165) is 21.5 Å². The molecule has 1 aliphatic carbocycles. The second kappa shape index (κ2) is 7.07. The monoisotopic (exact) mass is 406 g/mol. The van der Waals surface area contributed by atoms with E-state index < -0.39 is 0 Å². The van der Waals surface area contributed by atoms with E-state index in [4.69, 9.17) is 0 Å². The lowest BCUT2D eigenvalue weighted by molar-refractivity contribution is -0.119. The molecule has 0 N–H and O–H groups in total. The first-order valence-corrected chi connectivity index (χ1v) is 9.44. The van der Waals surface area contributed by atoms with Crippen LogP contribution in [-0.4, -0.2) is 30.8 Å². The molecule has 1 heterocycles. The van der Waals surface area contributed by atoms with Crippen molar-refractivity contribution in [3.8, 4) is 0 Å². The van der Waals surface area contributed by atoms with Gasteiger partial charge in [0.05, 0.1) is 21.6 Å². The summed E-state index contributed by atoms with van der Waals surface area (Å²) in [6, 6.07) is 11.3. The van der Waals surface area contributed by atoms with Gasteiger partial charge in [0.15, 0.2) is 0 Å². The average molecular weight is 407 g/mol. The first kappa shape index (κ1) is 17.2. The molecular formula is C18H19BrN2O2S. The molecule has 0 atom stereocenters. The van der Waals surface area contributed by atoms with Gasteiger partial charge in [0, 0.05) is 24.9 Å². The Bertz CT molecular complexity index is 770. The van der Waals surface area contributed by atoms with Gasteiger partial charge in [-0.3, -0.25) is 9.59 Å². The van der Waals surface area contributed by atoms with Crippen LogP contribution < -0.4 is 4.90 Å². The Morgan fingerprint density at radius 2 is 1.88 bits per heavy atom. The van der Waals surface area contributed by atoms with E-state index in [1.165, 1.54) is 0 Å². The quantitative estimate of drug-likeness (QED) is 0.747. The van der Waals surface area contributed by atoms with Crippen LogP contribution in [0.25, 0.3) is 0 Å². The Kier molecular flexibility index (Phi) is 5.06. The Morgan fingerprint density at radius 1 is 1.17 bits per heavy atom. The van der Waals surface area contributed by atoms with Crippen molar-refractivity contribution in [1.29, 1.82) is 0 Å². The molecule has 3 rings (SSSR count). The highest BCUT2D eigenvalue weighted by Gasteiger charge is 2.33. The molecule has 1 saturated carbocycles. The van der Waals surface area contributed by atoms with E-state index in [0.29, 0.717) is 17.8 Å². The highest BCUT2D eigenvalue weighted by Crippen LogP contribution is 2.33. The summed E-state index contributed by atoms with van der Waals surface area (Å²) < 4.78 is 1.05. The van der Waals surface area contributed by atoms with Crippen molar-refractivity contribution in [2.75, 3.05) is 19.0 Å². The Labute approximate surface area is 154 Å². The predicted molar refractivity (Wildman–Crippen MR) is 100 cm³/mol. The molecular weight excluding hydrogens is 388 g/mol. The van der Waals surface area contributed by atoms with Gasteiger partial charge in [0.2, 0.25) is 5.91 Å². The molecule has 2 amide bonds. The van der Waals surface area contributed by atoms with Gasteiger partial charge in [0.1, 0.15) is 0 Å². The van der Waals surface area contributed by atoms with Gasteiger partial charge < -0.3 is 9.80 Å². The number of rotatable bonds is 5. The number of carbonyl (C=O) groups excluding carboxylic acids is 2. The first-order chi connectivity index (χ1) is 11.5. The third-order valence-electron chi connectivity index (χ3n) is 4.12. The SMILES string of the molecule is CN(Cc1ccc(Br)s1)C(=O)c1ccccc1N(C)C(=O)C1CC1. The number of halogens is 1. The number of benzene rings is 1. The number of para-hydroxylation sites is 1. The summed E-state index contributed by atoms with van der Waals surface area (Å²) in [6.45, 7) is 0.545. The molecule has 4 nitrogen and oxygen atoms in total. The van der Waals surface area contributed by atoms with Gasteiger partial charge in [-0.1, -0.05) is 12.1 Å². The number of thiophene rings is 1. The fourth-order valence-corrected chi connectivity index (χ4v) is 4.15. The maximum Gasteiger partial charge on any atom is 0.256 e. The standard InChI is InChI=1S/C18H19BrN2O2S/c1-20(11-13-9-10-16(19)24-13)18(23)14-5-3-4-6-15(14)21(2)17(22)12-7-8-12/h3-6,9-10,12H,7-8,11H2,1-2H3. The van der Waals surface area contributed by atoms with Gasteiger partial charge in [-0.15, -0.1) is 11.3 Å². The van der Waals surface area contributed by atoms with Crippen molar-refractivity contribution in [2.45, 2.75) is 19.4 Å². The topological polar surface area (TPSA) is 40.6 Å². The molecule has 1 fully saturated rings. The number of anilines is 1. The summed E-state index contributed by atoms with van der Waals surface area (Å²) in [7, 11) is 3.54. The fourth-order valence-electron chi connectivity index (χ4n) is 2.62. The third kappa shape index (κ3) is 3.70. The smallest absolute Gasteiger partial charge is 0.256 e.